The minimum atomic E-state index is -0.289. The van der Waals surface area contributed by atoms with Crippen LogP contribution < -0.4 is 0 Å². The summed E-state index contributed by atoms with van der Waals surface area (Å²) in [6.45, 7) is 2.18. The van der Waals surface area contributed by atoms with E-state index in [2.05, 4.69) is 12.6 Å². The summed E-state index contributed by atoms with van der Waals surface area (Å²) in [5, 5.41) is 0. The van der Waals surface area contributed by atoms with Crippen LogP contribution in [0.15, 0.2) is 23.1 Å². The summed E-state index contributed by atoms with van der Waals surface area (Å²) < 4.78 is 4.94. The molecule has 0 bridgehead atoms. The molecule has 0 aliphatic heterocycles. The third-order valence-corrected chi connectivity index (χ3v) is 2.87. The van der Waals surface area contributed by atoms with E-state index in [1.807, 2.05) is 12.1 Å². The number of halogens is 1. The van der Waals surface area contributed by atoms with E-state index in [1.54, 1.807) is 13.0 Å². The van der Waals surface area contributed by atoms with Gasteiger partial charge in [-0.25, -0.2) is 4.79 Å². The van der Waals surface area contributed by atoms with E-state index in [-0.39, 0.29) is 5.97 Å². The van der Waals surface area contributed by atoms with Gasteiger partial charge in [-0.15, -0.1) is 24.2 Å². The van der Waals surface area contributed by atoms with Crippen LogP contribution in [0, 0.1) is 0 Å². The quantitative estimate of drug-likeness (QED) is 0.498. The van der Waals surface area contributed by atoms with Gasteiger partial charge in [0, 0.05) is 10.8 Å². The number of alkyl halides is 1. The lowest BCUT2D eigenvalue weighted by atomic mass is 10.1. The molecule has 4 heteroatoms. The van der Waals surface area contributed by atoms with Gasteiger partial charge >= 0.3 is 5.97 Å². The van der Waals surface area contributed by atoms with Crippen molar-refractivity contribution in [3.8, 4) is 0 Å². The lowest BCUT2D eigenvalue weighted by Crippen LogP contribution is -2.05. The van der Waals surface area contributed by atoms with Gasteiger partial charge in [-0.1, -0.05) is 0 Å². The van der Waals surface area contributed by atoms with Gasteiger partial charge in [0.25, 0.3) is 0 Å². The van der Waals surface area contributed by atoms with Gasteiger partial charge in [-0.05, 0) is 43.5 Å². The van der Waals surface area contributed by atoms with Gasteiger partial charge in [0.1, 0.15) is 0 Å². The molecule has 0 aliphatic carbocycles. The maximum atomic E-state index is 11.5. The monoisotopic (exact) mass is 258 g/mol. The largest absolute Gasteiger partial charge is 0.462 e. The summed E-state index contributed by atoms with van der Waals surface area (Å²) in [6, 6.07) is 5.37. The number of hydrogen-bond donors (Lipinski definition) is 1. The second-order valence-electron chi connectivity index (χ2n) is 3.36. The maximum absolute atomic E-state index is 11.5. The predicted molar refractivity (Wildman–Crippen MR) is 68.7 cm³/mol. The van der Waals surface area contributed by atoms with Crippen LogP contribution >= 0.6 is 24.2 Å². The first-order valence-electron chi connectivity index (χ1n) is 5.24. The number of carbonyl (C=O) groups excluding carboxylic acids is 1. The molecule has 0 fully saturated rings. The molecule has 0 radical (unpaired) electrons. The topological polar surface area (TPSA) is 26.3 Å². The zero-order valence-electron chi connectivity index (χ0n) is 9.20. The molecule has 0 aromatic heterocycles. The molecule has 0 unspecified atom stereocenters. The number of benzene rings is 1. The van der Waals surface area contributed by atoms with Crippen LogP contribution in [0.4, 0.5) is 0 Å². The Morgan fingerprint density at radius 1 is 1.50 bits per heavy atom. The molecule has 0 heterocycles. The van der Waals surface area contributed by atoms with Crippen molar-refractivity contribution in [2.45, 2.75) is 24.7 Å². The highest BCUT2D eigenvalue weighted by molar-refractivity contribution is 7.80. The summed E-state index contributed by atoms with van der Waals surface area (Å²) >= 11 is 9.98. The predicted octanol–water partition coefficient (Wildman–Crippen LogP) is 3.32. The summed E-state index contributed by atoms with van der Waals surface area (Å²) in [4.78, 5) is 12.4. The van der Waals surface area contributed by atoms with E-state index < -0.39 is 0 Å². The minimum Gasteiger partial charge on any atom is -0.462 e. The van der Waals surface area contributed by atoms with Gasteiger partial charge in [0.2, 0.25) is 0 Å². The van der Waals surface area contributed by atoms with E-state index in [0.29, 0.717) is 18.1 Å². The molecular weight excluding hydrogens is 244 g/mol. The molecular formula is C12H15ClO2S. The van der Waals surface area contributed by atoms with E-state index in [1.165, 1.54) is 0 Å². The highest BCUT2D eigenvalue weighted by Crippen LogP contribution is 2.18. The molecule has 0 aliphatic rings. The Morgan fingerprint density at radius 2 is 2.25 bits per heavy atom. The highest BCUT2D eigenvalue weighted by Gasteiger charge is 2.08. The molecule has 0 amide bonds. The molecule has 16 heavy (non-hydrogen) atoms. The Morgan fingerprint density at radius 3 is 2.88 bits per heavy atom. The number of hydrogen-bond acceptors (Lipinski definition) is 3. The van der Waals surface area contributed by atoms with Crippen LogP contribution in [0.3, 0.4) is 0 Å². The van der Waals surface area contributed by atoms with Crippen LogP contribution in [-0.4, -0.2) is 18.5 Å². The summed E-state index contributed by atoms with van der Waals surface area (Å²) in [7, 11) is 0. The number of rotatable bonds is 5. The molecule has 88 valence electrons. The van der Waals surface area contributed by atoms with Crippen molar-refractivity contribution in [3.63, 3.8) is 0 Å². The molecule has 0 saturated heterocycles. The van der Waals surface area contributed by atoms with Crippen LogP contribution in [0.1, 0.15) is 29.3 Å². The molecule has 1 aromatic rings. The van der Waals surface area contributed by atoms with Crippen molar-refractivity contribution in [2.24, 2.45) is 0 Å². The van der Waals surface area contributed by atoms with Gasteiger partial charge in [-0.3, -0.25) is 0 Å². The molecule has 0 spiro atoms. The Labute approximate surface area is 106 Å². The summed E-state index contributed by atoms with van der Waals surface area (Å²) in [5.74, 6) is 0.319. The van der Waals surface area contributed by atoms with E-state index in [9.17, 15) is 4.79 Å². The van der Waals surface area contributed by atoms with Gasteiger partial charge in [0.05, 0.1) is 12.2 Å². The molecule has 0 N–H and O–H groups in total. The SMILES string of the molecule is CCOC(=O)c1ccc(S)c(CCCCl)c1. The Hall–Kier alpha value is -0.670. The smallest absolute Gasteiger partial charge is 0.338 e. The number of carbonyl (C=O) groups is 1. The average Bonchev–Trinajstić information content (AvgIpc) is 2.28. The van der Waals surface area contributed by atoms with Crippen LogP contribution in [0.25, 0.3) is 0 Å². The van der Waals surface area contributed by atoms with Crippen molar-refractivity contribution >= 4 is 30.2 Å². The van der Waals surface area contributed by atoms with E-state index >= 15 is 0 Å². The van der Waals surface area contributed by atoms with Crippen molar-refractivity contribution in [3.05, 3.63) is 29.3 Å². The van der Waals surface area contributed by atoms with Gasteiger partial charge < -0.3 is 4.74 Å². The number of esters is 1. The third-order valence-electron chi connectivity index (χ3n) is 2.17. The zero-order chi connectivity index (χ0) is 12.0. The van der Waals surface area contributed by atoms with E-state index in [0.717, 1.165) is 23.3 Å². The van der Waals surface area contributed by atoms with Crippen molar-refractivity contribution < 1.29 is 9.53 Å². The maximum Gasteiger partial charge on any atom is 0.338 e. The molecule has 1 rings (SSSR count). The van der Waals surface area contributed by atoms with Crippen LogP contribution in [0.5, 0.6) is 0 Å². The number of thiol groups is 1. The fourth-order valence-corrected chi connectivity index (χ4v) is 1.77. The second-order valence-corrected chi connectivity index (χ2v) is 4.22. The zero-order valence-corrected chi connectivity index (χ0v) is 10.9. The van der Waals surface area contributed by atoms with Crippen molar-refractivity contribution in [1.29, 1.82) is 0 Å². The van der Waals surface area contributed by atoms with Crippen molar-refractivity contribution in [2.75, 3.05) is 12.5 Å². The van der Waals surface area contributed by atoms with Gasteiger partial charge in [0.15, 0.2) is 0 Å². The third kappa shape index (κ3) is 3.72. The van der Waals surface area contributed by atoms with Gasteiger partial charge in [-0.2, -0.15) is 0 Å². The Bertz CT molecular complexity index is 366. The standard InChI is InChI=1S/C12H15ClO2S/c1-2-15-12(14)10-5-6-11(16)9(8-10)4-3-7-13/h5-6,8,16H,2-4,7H2,1H3. The first-order valence-corrected chi connectivity index (χ1v) is 6.22. The average molecular weight is 259 g/mol. The fraction of sp³-hybridized carbons (Fsp3) is 0.417. The normalized spacial score (nSPS) is 10.2. The first-order chi connectivity index (χ1) is 7.69. The van der Waals surface area contributed by atoms with Crippen LogP contribution in [0.2, 0.25) is 0 Å². The fourth-order valence-electron chi connectivity index (χ4n) is 1.38. The van der Waals surface area contributed by atoms with Crippen molar-refractivity contribution in [1.82, 2.24) is 0 Å². The van der Waals surface area contributed by atoms with E-state index in [4.69, 9.17) is 16.3 Å². The molecule has 0 saturated carbocycles. The number of ether oxygens (including phenoxy) is 1. The lowest BCUT2D eigenvalue weighted by molar-refractivity contribution is 0.0526. The molecule has 0 atom stereocenters. The first kappa shape index (κ1) is 13.4. The Kier molecular flexibility index (Phi) is 5.71. The van der Waals surface area contributed by atoms with Crippen LogP contribution in [-0.2, 0) is 11.2 Å². The lowest BCUT2D eigenvalue weighted by Gasteiger charge is -2.07. The molecule has 1 aromatic carbocycles. The highest BCUT2D eigenvalue weighted by atomic mass is 35.5. The Balaban J connectivity index is 2.84. The summed E-state index contributed by atoms with van der Waals surface area (Å²) in [5.41, 5.74) is 1.61. The minimum absolute atomic E-state index is 0.289. The summed E-state index contributed by atoms with van der Waals surface area (Å²) in [6.07, 6.45) is 1.71. The number of aryl methyl sites for hydroxylation is 1. The molecule has 2 nitrogen and oxygen atoms in total. The second kappa shape index (κ2) is 6.81.